The van der Waals surface area contributed by atoms with Crippen molar-refractivity contribution in [1.82, 2.24) is 25.2 Å². The Morgan fingerprint density at radius 1 is 1.27 bits per heavy atom. The summed E-state index contributed by atoms with van der Waals surface area (Å²) in [5.41, 5.74) is 3.80. The monoisotopic (exact) mass is 407 g/mol. The van der Waals surface area contributed by atoms with Gasteiger partial charge in [-0.2, -0.15) is 0 Å². The molecule has 0 bridgehead atoms. The van der Waals surface area contributed by atoms with Gasteiger partial charge in [-0.25, -0.2) is 4.98 Å². The molecule has 1 amide bonds. The topological polar surface area (TPSA) is 100 Å². The number of likely N-dealkylation sites (tertiary alicyclic amines) is 1. The van der Waals surface area contributed by atoms with Crippen LogP contribution < -0.4 is 15.6 Å². The number of aromatic nitrogens is 3. The molecule has 4 heterocycles. The summed E-state index contributed by atoms with van der Waals surface area (Å²) in [6.07, 6.45) is 5.14. The van der Waals surface area contributed by atoms with Gasteiger partial charge in [-0.3, -0.25) is 19.5 Å². The number of aryl methyl sites for hydroxylation is 1. The molecule has 1 aliphatic heterocycles. The maximum absolute atomic E-state index is 12.0. The van der Waals surface area contributed by atoms with E-state index < -0.39 is 0 Å². The highest BCUT2D eigenvalue weighted by Crippen LogP contribution is 2.18. The van der Waals surface area contributed by atoms with Gasteiger partial charge in [0.25, 0.3) is 11.5 Å². The van der Waals surface area contributed by atoms with Gasteiger partial charge in [-0.05, 0) is 42.7 Å². The third-order valence-electron chi connectivity index (χ3n) is 5.35. The number of hydrogen-bond acceptors (Lipinski definition) is 6. The van der Waals surface area contributed by atoms with Crippen molar-refractivity contribution < 1.29 is 9.53 Å². The fraction of sp³-hybridized carbons (Fsp3) is 0.364. The van der Waals surface area contributed by atoms with Crippen LogP contribution in [-0.2, 0) is 12.8 Å². The Labute approximate surface area is 174 Å². The number of H-pyrrole nitrogens is 1. The van der Waals surface area contributed by atoms with E-state index in [1.54, 1.807) is 25.4 Å². The minimum atomic E-state index is -0.213. The lowest BCUT2D eigenvalue weighted by Crippen LogP contribution is -2.54. The smallest absolute Gasteiger partial charge is 0.269 e. The molecule has 30 heavy (non-hydrogen) atoms. The lowest BCUT2D eigenvalue weighted by Gasteiger charge is -2.38. The van der Waals surface area contributed by atoms with Crippen LogP contribution in [0, 0.1) is 0 Å². The average Bonchev–Trinajstić information content (AvgIpc) is 2.74. The Morgan fingerprint density at radius 2 is 2.10 bits per heavy atom. The standard InChI is InChI=1S/C22H25N5O3/c1-3-15-9-19-20(26-21(15)28)8-14(10-24-19)6-7-27-12-17(13-27)30-16-4-5-18(25-11-16)22(29)23-2/h4-5,8-11,17H,3,6-7,12-13H2,1-2H3,(H,23,29)(H,26,28). The molecule has 8 nitrogen and oxygen atoms in total. The van der Waals surface area contributed by atoms with Gasteiger partial charge in [0.2, 0.25) is 0 Å². The molecule has 1 saturated heterocycles. The van der Waals surface area contributed by atoms with Crippen molar-refractivity contribution in [3.05, 3.63) is 63.8 Å². The first kappa shape index (κ1) is 20.0. The first-order valence-corrected chi connectivity index (χ1v) is 10.1. The second-order valence-electron chi connectivity index (χ2n) is 7.46. The normalized spacial score (nSPS) is 14.5. The first-order chi connectivity index (χ1) is 14.6. The second-order valence-corrected chi connectivity index (χ2v) is 7.46. The second kappa shape index (κ2) is 8.62. The molecule has 3 aromatic heterocycles. The molecule has 0 aliphatic carbocycles. The highest BCUT2D eigenvalue weighted by molar-refractivity contribution is 5.91. The number of carbonyl (C=O) groups is 1. The largest absolute Gasteiger partial charge is 0.486 e. The van der Waals surface area contributed by atoms with Gasteiger partial charge in [-0.1, -0.05) is 6.92 Å². The van der Waals surface area contributed by atoms with Crippen molar-refractivity contribution >= 4 is 16.9 Å². The summed E-state index contributed by atoms with van der Waals surface area (Å²) in [4.78, 5) is 37.4. The number of carbonyl (C=O) groups excluding carboxylic acids is 1. The number of hydrogen-bond donors (Lipinski definition) is 2. The van der Waals surface area contributed by atoms with Crippen molar-refractivity contribution in [3.63, 3.8) is 0 Å². The molecular weight excluding hydrogens is 382 g/mol. The first-order valence-electron chi connectivity index (χ1n) is 10.1. The summed E-state index contributed by atoms with van der Waals surface area (Å²) in [5, 5.41) is 2.54. The van der Waals surface area contributed by atoms with Gasteiger partial charge >= 0.3 is 0 Å². The minimum absolute atomic E-state index is 0.0375. The molecule has 0 radical (unpaired) electrons. The van der Waals surface area contributed by atoms with Gasteiger partial charge in [0.15, 0.2) is 0 Å². The highest BCUT2D eigenvalue weighted by Gasteiger charge is 2.28. The van der Waals surface area contributed by atoms with Crippen LogP contribution in [0.5, 0.6) is 5.75 Å². The summed E-state index contributed by atoms with van der Waals surface area (Å²) < 4.78 is 5.91. The predicted molar refractivity (Wildman–Crippen MR) is 114 cm³/mol. The number of ether oxygens (including phenoxy) is 1. The number of pyridine rings is 3. The van der Waals surface area contributed by atoms with E-state index in [9.17, 15) is 9.59 Å². The van der Waals surface area contributed by atoms with E-state index in [1.807, 2.05) is 25.3 Å². The van der Waals surface area contributed by atoms with Gasteiger partial charge < -0.3 is 15.0 Å². The van der Waals surface area contributed by atoms with E-state index >= 15 is 0 Å². The Morgan fingerprint density at radius 3 is 2.80 bits per heavy atom. The van der Waals surface area contributed by atoms with E-state index in [0.717, 1.165) is 48.2 Å². The number of amides is 1. The van der Waals surface area contributed by atoms with Crippen LogP contribution >= 0.6 is 0 Å². The summed E-state index contributed by atoms with van der Waals surface area (Å²) in [5.74, 6) is 0.455. The number of nitrogens with zero attached hydrogens (tertiary/aromatic N) is 3. The molecule has 1 aliphatic rings. The van der Waals surface area contributed by atoms with Gasteiger partial charge in [0.1, 0.15) is 17.5 Å². The Kier molecular flexibility index (Phi) is 5.76. The quantitative estimate of drug-likeness (QED) is 0.616. The zero-order valence-electron chi connectivity index (χ0n) is 17.1. The molecule has 156 valence electrons. The lowest BCUT2D eigenvalue weighted by atomic mass is 10.1. The van der Waals surface area contributed by atoms with Crippen LogP contribution in [0.15, 0.2) is 41.5 Å². The maximum atomic E-state index is 12.0. The molecule has 0 spiro atoms. The van der Waals surface area contributed by atoms with Gasteiger partial charge in [-0.15, -0.1) is 0 Å². The van der Waals surface area contributed by atoms with E-state index in [4.69, 9.17) is 4.74 Å². The zero-order valence-corrected chi connectivity index (χ0v) is 17.1. The predicted octanol–water partition coefficient (Wildman–Crippen LogP) is 1.55. The van der Waals surface area contributed by atoms with Crippen LogP contribution in [0.4, 0.5) is 0 Å². The number of rotatable bonds is 7. The number of aromatic amines is 1. The number of fused-ring (bicyclic) bond motifs is 1. The summed E-state index contributed by atoms with van der Waals surface area (Å²) in [6.45, 7) is 4.55. The van der Waals surface area contributed by atoms with E-state index in [-0.39, 0.29) is 17.6 Å². The van der Waals surface area contributed by atoms with Gasteiger partial charge in [0, 0.05) is 38.4 Å². The van der Waals surface area contributed by atoms with Crippen LogP contribution in [0.25, 0.3) is 11.0 Å². The van der Waals surface area contributed by atoms with Crippen LogP contribution in [0.3, 0.4) is 0 Å². The average molecular weight is 407 g/mol. The van der Waals surface area contributed by atoms with Crippen molar-refractivity contribution in [1.29, 1.82) is 0 Å². The molecule has 2 N–H and O–H groups in total. The molecule has 0 aromatic carbocycles. The minimum Gasteiger partial charge on any atom is -0.486 e. The fourth-order valence-electron chi connectivity index (χ4n) is 3.54. The van der Waals surface area contributed by atoms with E-state index in [0.29, 0.717) is 17.9 Å². The molecule has 0 atom stereocenters. The third-order valence-corrected chi connectivity index (χ3v) is 5.35. The van der Waals surface area contributed by atoms with E-state index in [2.05, 4.69) is 25.2 Å². The fourth-order valence-corrected chi connectivity index (χ4v) is 3.54. The highest BCUT2D eigenvalue weighted by atomic mass is 16.5. The van der Waals surface area contributed by atoms with Crippen molar-refractivity contribution in [2.45, 2.75) is 25.9 Å². The van der Waals surface area contributed by atoms with Crippen LogP contribution in [0.2, 0.25) is 0 Å². The molecule has 3 aromatic rings. The van der Waals surface area contributed by atoms with E-state index in [1.165, 1.54) is 0 Å². The van der Waals surface area contributed by atoms with Gasteiger partial charge in [0.05, 0.1) is 17.2 Å². The third kappa shape index (κ3) is 4.33. The van der Waals surface area contributed by atoms with Crippen molar-refractivity contribution in [3.8, 4) is 5.75 Å². The summed E-state index contributed by atoms with van der Waals surface area (Å²) >= 11 is 0. The Balaban J connectivity index is 1.27. The molecular formula is C22H25N5O3. The SMILES string of the molecule is CCc1cc2ncc(CCN3CC(Oc4ccc(C(=O)NC)nc4)C3)cc2[nH]c1=O. The molecule has 0 unspecified atom stereocenters. The molecule has 1 fully saturated rings. The van der Waals surface area contributed by atoms with Crippen LogP contribution in [-0.4, -0.2) is 58.5 Å². The molecule has 4 rings (SSSR count). The summed E-state index contributed by atoms with van der Waals surface area (Å²) in [6, 6.07) is 7.30. The number of nitrogens with one attached hydrogen (secondary N) is 2. The van der Waals surface area contributed by atoms with Crippen LogP contribution in [0.1, 0.15) is 28.5 Å². The van der Waals surface area contributed by atoms with Crippen molar-refractivity contribution in [2.75, 3.05) is 26.7 Å². The molecule has 8 heteroatoms. The zero-order chi connectivity index (χ0) is 21.1. The Hall–Kier alpha value is -3.26. The Bertz CT molecular complexity index is 1100. The summed E-state index contributed by atoms with van der Waals surface area (Å²) in [7, 11) is 1.58. The lowest BCUT2D eigenvalue weighted by molar-refractivity contribution is 0.0206. The maximum Gasteiger partial charge on any atom is 0.269 e. The molecule has 0 saturated carbocycles. The van der Waals surface area contributed by atoms with Crippen molar-refractivity contribution in [2.24, 2.45) is 0 Å².